The summed E-state index contributed by atoms with van der Waals surface area (Å²) in [7, 11) is 1.57. The summed E-state index contributed by atoms with van der Waals surface area (Å²) in [5.41, 5.74) is 1.59. The van der Waals surface area contributed by atoms with E-state index >= 15 is 0 Å². The molecule has 22 heavy (non-hydrogen) atoms. The zero-order chi connectivity index (χ0) is 15.5. The maximum absolute atomic E-state index is 12.2. The molecule has 0 unspecified atom stereocenters. The Hall–Kier alpha value is -2.27. The van der Waals surface area contributed by atoms with Crippen LogP contribution in [0.4, 0.5) is 0 Å². The molecule has 3 aromatic rings. The van der Waals surface area contributed by atoms with E-state index in [1.165, 1.54) is 0 Å². The highest BCUT2D eigenvalue weighted by Gasteiger charge is 2.14. The Morgan fingerprint density at radius 3 is 2.82 bits per heavy atom. The molecular weight excluding hydrogens is 346 g/mol. The first-order chi connectivity index (χ1) is 10.7. The van der Waals surface area contributed by atoms with Crippen molar-refractivity contribution < 1.29 is 13.9 Å². The Balaban J connectivity index is 1.77. The number of halogens is 1. The molecule has 0 radical (unpaired) electrons. The molecule has 0 spiro atoms. The SMILES string of the molecule is COc1cccc2cc(C(=O)NCc3cccc(Br)c3)oc12. The number of methoxy groups -OCH3 is 1. The molecule has 0 aliphatic carbocycles. The number of para-hydroxylation sites is 1. The van der Waals surface area contributed by atoms with Gasteiger partial charge >= 0.3 is 0 Å². The van der Waals surface area contributed by atoms with Gasteiger partial charge in [-0.3, -0.25) is 4.79 Å². The van der Waals surface area contributed by atoms with Crippen LogP contribution in [-0.4, -0.2) is 13.0 Å². The third-order valence-electron chi connectivity index (χ3n) is 3.29. The second-order valence-electron chi connectivity index (χ2n) is 4.80. The monoisotopic (exact) mass is 359 g/mol. The molecule has 0 saturated heterocycles. The molecule has 0 aliphatic heterocycles. The predicted molar refractivity (Wildman–Crippen MR) is 88.1 cm³/mol. The van der Waals surface area contributed by atoms with E-state index in [9.17, 15) is 4.79 Å². The van der Waals surface area contributed by atoms with Crippen LogP contribution in [0.15, 0.2) is 57.4 Å². The summed E-state index contributed by atoms with van der Waals surface area (Å²) in [4.78, 5) is 12.2. The van der Waals surface area contributed by atoms with E-state index in [2.05, 4.69) is 21.2 Å². The number of carbonyl (C=O) groups is 1. The minimum Gasteiger partial charge on any atom is -0.493 e. The molecule has 112 valence electrons. The summed E-state index contributed by atoms with van der Waals surface area (Å²) in [6.07, 6.45) is 0. The first-order valence-corrected chi connectivity index (χ1v) is 7.56. The summed E-state index contributed by atoms with van der Waals surface area (Å²) in [5, 5.41) is 3.69. The van der Waals surface area contributed by atoms with Crippen molar-refractivity contribution in [3.8, 4) is 5.75 Å². The van der Waals surface area contributed by atoms with Gasteiger partial charge in [0, 0.05) is 16.4 Å². The molecule has 0 saturated carbocycles. The molecule has 0 atom stereocenters. The van der Waals surface area contributed by atoms with Crippen LogP contribution in [0.5, 0.6) is 5.75 Å². The molecular formula is C17H14BrNO3. The second kappa shape index (κ2) is 6.23. The van der Waals surface area contributed by atoms with E-state index in [0.717, 1.165) is 15.4 Å². The van der Waals surface area contributed by atoms with Crippen molar-refractivity contribution in [3.05, 3.63) is 64.3 Å². The fraction of sp³-hybridized carbons (Fsp3) is 0.118. The van der Waals surface area contributed by atoms with E-state index in [1.807, 2.05) is 36.4 Å². The van der Waals surface area contributed by atoms with E-state index in [-0.39, 0.29) is 11.7 Å². The Morgan fingerprint density at radius 2 is 2.05 bits per heavy atom. The quantitative estimate of drug-likeness (QED) is 0.761. The second-order valence-corrected chi connectivity index (χ2v) is 5.72. The minimum atomic E-state index is -0.252. The Bertz CT molecular complexity index is 826. The van der Waals surface area contributed by atoms with Gasteiger partial charge in [-0.05, 0) is 29.8 Å². The Morgan fingerprint density at radius 1 is 1.23 bits per heavy atom. The van der Waals surface area contributed by atoms with Crippen molar-refractivity contribution in [3.63, 3.8) is 0 Å². The number of hydrogen-bond acceptors (Lipinski definition) is 3. The summed E-state index contributed by atoms with van der Waals surface area (Å²) < 4.78 is 11.8. The Labute approximate surface area is 136 Å². The van der Waals surface area contributed by atoms with Crippen LogP contribution in [-0.2, 0) is 6.54 Å². The summed E-state index contributed by atoms with van der Waals surface area (Å²) >= 11 is 3.41. The largest absolute Gasteiger partial charge is 0.493 e. The molecule has 0 bridgehead atoms. The zero-order valence-corrected chi connectivity index (χ0v) is 13.5. The standard InChI is InChI=1S/C17H14BrNO3/c1-21-14-7-3-5-12-9-15(22-16(12)14)17(20)19-10-11-4-2-6-13(18)8-11/h2-9H,10H2,1H3,(H,19,20). The van der Waals surface area contributed by atoms with Gasteiger partial charge in [0.05, 0.1) is 7.11 Å². The maximum Gasteiger partial charge on any atom is 0.287 e. The lowest BCUT2D eigenvalue weighted by atomic mass is 10.2. The number of ether oxygens (including phenoxy) is 1. The maximum atomic E-state index is 12.2. The molecule has 3 rings (SSSR count). The molecule has 4 nitrogen and oxygen atoms in total. The van der Waals surface area contributed by atoms with E-state index in [1.54, 1.807) is 19.2 Å². The number of furan rings is 1. The average molecular weight is 360 g/mol. The van der Waals surface area contributed by atoms with Gasteiger partial charge in [-0.1, -0.05) is 40.2 Å². The van der Waals surface area contributed by atoms with Gasteiger partial charge in [0.15, 0.2) is 17.1 Å². The van der Waals surface area contributed by atoms with Crippen LogP contribution < -0.4 is 10.1 Å². The first kappa shape index (κ1) is 14.7. The lowest BCUT2D eigenvalue weighted by Crippen LogP contribution is -2.22. The Kier molecular flexibility index (Phi) is 4.15. The number of benzene rings is 2. The number of fused-ring (bicyclic) bond motifs is 1. The number of amides is 1. The van der Waals surface area contributed by atoms with Crippen molar-refractivity contribution in [2.45, 2.75) is 6.54 Å². The molecule has 1 N–H and O–H groups in total. The van der Waals surface area contributed by atoms with E-state index < -0.39 is 0 Å². The van der Waals surface area contributed by atoms with Crippen LogP contribution in [0.1, 0.15) is 16.1 Å². The molecule has 0 aliphatic rings. The molecule has 5 heteroatoms. The average Bonchev–Trinajstić information content (AvgIpc) is 2.96. The van der Waals surface area contributed by atoms with Crippen LogP contribution in [0.2, 0.25) is 0 Å². The fourth-order valence-electron chi connectivity index (χ4n) is 2.23. The topological polar surface area (TPSA) is 51.5 Å². The number of nitrogens with one attached hydrogen (secondary N) is 1. The highest BCUT2D eigenvalue weighted by molar-refractivity contribution is 9.10. The third-order valence-corrected chi connectivity index (χ3v) is 3.79. The van der Waals surface area contributed by atoms with E-state index in [0.29, 0.717) is 17.9 Å². The lowest BCUT2D eigenvalue weighted by molar-refractivity contribution is 0.0925. The number of rotatable bonds is 4. The molecule has 1 heterocycles. The van der Waals surface area contributed by atoms with Gasteiger partial charge in [0.1, 0.15) is 0 Å². The zero-order valence-electron chi connectivity index (χ0n) is 11.9. The minimum absolute atomic E-state index is 0.252. The van der Waals surface area contributed by atoms with Crippen LogP contribution >= 0.6 is 15.9 Å². The van der Waals surface area contributed by atoms with Crippen molar-refractivity contribution in [2.24, 2.45) is 0 Å². The van der Waals surface area contributed by atoms with Gasteiger partial charge in [-0.25, -0.2) is 0 Å². The van der Waals surface area contributed by atoms with Crippen LogP contribution in [0.25, 0.3) is 11.0 Å². The van der Waals surface area contributed by atoms with Crippen molar-refractivity contribution in [1.82, 2.24) is 5.32 Å². The highest BCUT2D eigenvalue weighted by Crippen LogP contribution is 2.28. The molecule has 1 aromatic heterocycles. The van der Waals surface area contributed by atoms with Crippen molar-refractivity contribution in [1.29, 1.82) is 0 Å². The summed E-state index contributed by atoms with van der Waals surface area (Å²) in [5.74, 6) is 0.635. The molecule has 0 fully saturated rings. The highest BCUT2D eigenvalue weighted by atomic mass is 79.9. The van der Waals surface area contributed by atoms with Crippen molar-refractivity contribution >= 4 is 32.8 Å². The predicted octanol–water partition coefficient (Wildman–Crippen LogP) is 4.13. The summed E-state index contributed by atoms with van der Waals surface area (Å²) in [6.45, 7) is 0.437. The number of carbonyl (C=O) groups excluding carboxylic acids is 1. The third kappa shape index (κ3) is 2.99. The number of hydrogen-bond donors (Lipinski definition) is 1. The van der Waals surface area contributed by atoms with Crippen LogP contribution in [0.3, 0.4) is 0 Å². The van der Waals surface area contributed by atoms with Crippen LogP contribution in [0, 0.1) is 0 Å². The van der Waals surface area contributed by atoms with E-state index in [4.69, 9.17) is 9.15 Å². The summed E-state index contributed by atoms with van der Waals surface area (Å²) in [6, 6.07) is 15.0. The normalized spacial score (nSPS) is 10.6. The van der Waals surface area contributed by atoms with Gasteiger partial charge in [-0.2, -0.15) is 0 Å². The van der Waals surface area contributed by atoms with Gasteiger partial charge in [0.2, 0.25) is 0 Å². The fourth-order valence-corrected chi connectivity index (χ4v) is 2.67. The van der Waals surface area contributed by atoms with Crippen molar-refractivity contribution in [2.75, 3.05) is 7.11 Å². The first-order valence-electron chi connectivity index (χ1n) is 6.76. The smallest absolute Gasteiger partial charge is 0.287 e. The van der Waals surface area contributed by atoms with Gasteiger partial charge < -0.3 is 14.5 Å². The van der Waals surface area contributed by atoms with Gasteiger partial charge in [-0.15, -0.1) is 0 Å². The molecule has 1 amide bonds. The lowest BCUT2D eigenvalue weighted by Gasteiger charge is -2.03. The molecule has 2 aromatic carbocycles. The van der Waals surface area contributed by atoms with Gasteiger partial charge in [0.25, 0.3) is 5.91 Å².